The van der Waals surface area contributed by atoms with Crippen LogP contribution in [0.25, 0.3) is 0 Å². The summed E-state index contributed by atoms with van der Waals surface area (Å²) in [6, 6.07) is 9.92. The lowest BCUT2D eigenvalue weighted by Crippen LogP contribution is -1.95. The third kappa shape index (κ3) is 3.13. The second-order valence-corrected chi connectivity index (χ2v) is 5.23. The Bertz CT molecular complexity index is 600. The number of rotatable bonds is 3. The van der Waals surface area contributed by atoms with E-state index in [0.717, 1.165) is 16.9 Å². The molecule has 19 heavy (non-hydrogen) atoms. The first-order chi connectivity index (χ1) is 8.97. The standard InChI is InChI=1S/C14H15NO3S/c1-9-7-11(15)8-10(2)14(9)18-12-3-5-13(6-4-12)19(16)17/h3-8H,15H2,1-2H3,(H,16,17)/p-1. The molecule has 0 heterocycles. The van der Waals surface area contributed by atoms with Gasteiger partial charge >= 0.3 is 0 Å². The van der Waals surface area contributed by atoms with Crippen LogP contribution in [0.2, 0.25) is 0 Å². The Labute approximate surface area is 114 Å². The number of nitrogens with two attached hydrogens (primary N) is 1. The highest BCUT2D eigenvalue weighted by molar-refractivity contribution is 7.79. The number of nitrogen functional groups attached to an aromatic ring is 1. The van der Waals surface area contributed by atoms with Crippen LogP contribution in [0.15, 0.2) is 41.3 Å². The number of anilines is 1. The monoisotopic (exact) mass is 276 g/mol. The van der Waals surface area contributed by atoms with Crippen molar-refractivity contribution in [3.63, 3.8) is 0 Å². The van der Waals surface area contributed by atoms with Crippen molar-refractivity contribution in [1.82, 2.24) is 0 Å². The third-order valence-electron chi connectivity index (χ3n) is 2.72. The van der Waals surface area contributed by atoms with E-state index >= 15 is 0 Å². The minimum Gasteiger partial charge on any atom is -0.768 e. The molecule has 0 aliphatic rings. The van der Waals surface area contributed by atoms with Crippen LogP contribution in [0.3, 0.4) is 0 Å². The van der Waals surface area contributed by atoms with Crippen molar-refractivity contribution in [2.45, 2.75) is 18.7 Å². The lowest BCUT2D eigenvalue weighted by molar-refractivity contribution is 0.474. The van der Waals surface area contributed by atoms with E-state index in [-0.39, 0.29) is 4.90 Å². The summed E-state index contributed by atoms with van der Waals surface area (Å²) in [6.45, 7) is 3.83. The van der Waals surface area contributed by atoms with Gasteiger partial charge in [-0.25, -0.2) is 0 Å². The first-order valence-corrected chi connectivity index (χ1v) is 6.79. The van der Waals surface area contributed by atoms with Gasteiger partial charge in [-0.15, -0.1) is 0 Å². The quantitative estimate of drug-likeness (QED) is 0.691. The summed E-state index contributed by atoms with van der Waals surface area (Å²) in [4.78, 5) is 0.234. The van der Waals surface area contributed by atoms with Crippen LogP contribution < -0.4 is 10.5 Å². The van der Waals surface area contributed by atoms with E-state index in [9.17, 15) is 8.76 Å². The van der Waals surface area contributed by atoms with E-state index in [1.807, 2.05) is 26.0 Å². The molecule has 2 rings (SSSR count). The maximum absolute atomic E-state index is 10.8. The maximum Gasteiger partial charge on any atom is 0.133 e. The van der Waals surface area contributed by atoms with Gasteiger partial charge in [-0.1, -0.05) is 0 Å². The summed E-state index contributed by atoms with van der Waals surface area (Å²) in [5.74, 6) is 1.33. The highest BCUT2D eigenvalue weighted by Gasteiger charge is 2.06. The normalized spacial score (nSPS) is 12.2. The molecule has 0 aliphatic heterocycles. The minimum atomic E-state index is -2.22. The molecule has 0 aliphatic carbocycles. The van der Waals surface area contributed by atoms with E-state index in [1.54, 1.807) is 12.1 Å². The smallest absolute Gasteiger partial charge is 0.133 e. The molecule has 2 aromatic rings. The van der Waals surface area contributed by atoms with E-state index in [0.29, 0.717) is 11.4 Å². The third-order valence-corrected chi connectivity index (χ3v) is 3.38. The molecule has 0 spiro atoms. The molecular weight excluding hydrogens is 262 g/mol. The van der Waals surface area contributed by atoms with E-state index in [1.165, 1.54) is 12.1 Å². The Balaban J connectivity index is 2.29. The Morgan fingerprint density at radius 3 is 2.11 bits per heavy atom. The molecule has 0 fully saturated rings. The highest BCUT2D eigenvalue weighted by Crippen LogP contribution is 2.30. The molecule has 0 radical (unpaired) electrons. The Kier molecular flexibility index (Phi) is 3.87. The van der Waals surface area contributed by atoms with E-state index < -0.39 is 11.1 Å². The van der Waals surface area contributed by atoms with Gasteiger partial charge < -0.3 is 15.0 Å². The van der Waals surface area contributed by atoms with Crippen molar-refractivity contribution in [3.05, 3.63) is 47.5 Å². The summed E-state index contributed by atoms with van der Waals surface area (Å²) in [5, 5.41) is 0. The lowest BCUT2D eigenvalue weighted by atomic mass is 10.1. The van der Waals surface area contributed by atoms with Gasteiger partial charge in [-0.2, -0.15) is 0 Å². The molecule has 0 saturated carbocycles. The van der Waals surface area contributed by atoms with Gasteiger partial charge in [0, 0.05) is 10.6 Å². The molecule has 100 valence electrons. The van der Waals surface area contributed by atoms with Crippen molar-refractivity contribution >= 4 is 16.8 Å². The molecule has 1 unspecified atom stereocenters. The summed E-state index contributed by atoms with van der Waals surface area (Å²) in [5.41, 5.74) is 8.32. The first kappa shape index (κ1) is 13.6. The molecule has 2 N–H and O–H groups in total. The molecule has 5 heteroatoms. The summed E-state index contributed by atoms with van der Waals surface area (Å²) >= 11 is -2.22. The average molecular weight is 276 g/mol. The summed E-state index contributed by atoms with van der Waals surface area (Å²) < 4.78 is 27.3. The molecular formula is C14H14NO3S-. The highest BCUT2D eigenvalue weighted by atomic mass is 32.2. The topological polar surface area (TPSA) is 75.4 Å². The Morgan fingerprint density at radius 1 is 1.11 bits per heavy atom. The second-order valence-electron chi connectivity index (χ2n) is 4.29. The van der Waals surface area contributed by atoms with Crippen LogP contribution in [0.5, 0.6) is 11.5 Å². The summed E-state index contributed by atoms with van der Waals surface area (Å²) in [6.07, 6.45) is 0. The van der Waals surface area contributed by atoms with Crippen LogP contribution >= 0.6 is 0 Å². The van der Waals surface area contributed by atoms with Gasteiger partial charge in [-0.05, 0) is 72.5 Å². The van der Waals surface area contributed by atoms with Gasteiger partial charge in [0.15, 0.2) is 0 Å². The van der Waals surface area contributed by atoms with Crippen LogP contribution in [0, 0.1) is 13.8 Å². The predicted molar refractivity (Wildman–Crippen MR) is 74.0 cm³/mol. The van der Waals surface area contributed by atoms with E-state index in [2.05, 4.69) is 0 Å². The van der Waals surface area contributed by atoms with Crippen molar-refractivity contribution < 1.29 is 13.5 Å². The zero-order chi connectivity index (χ0) is 14.0. The van der Waals surface area contributed by atoms with Crippen molar-refractivity contribution in [2.24, 2.45) is 0 Å². The average Bonchev–Trinajstić information content (AvgIpc) is 2.34. The largest absolute Gasteiger partial charge is 0.768 e. The Hall–Kier alpha value is -1.85. The SMILES string of the molecule is Cc1cc(N)cc(C)c1Oc1ccc(S(=O)[O-])cc1. The molecule has 4 nitrogen and oxygen atoms in total. The van der Waals surface area contributed by atoms with Crippen LogP contribution in [-0.2, 0) is 11.1 Å². The minimum absolute atomic E-state index is 0.234. The lowest BCUT2D eigenvalue weighted by Gasteiger charge is -2.13. The number of aryl methyl sites for hydroxylation is 2. The second kappa shape index (κ2) is 5.42. The number of hydrogen-bond donors (Lipinski definition) is 1. The van der Waals surface area contributed by atoms with Crippen LogP contribution in [0.1, 0.15) is 11.1 Å². The predicted octanol–water partition coefficient (Wildman–Crippen LogP) is 2.92. The number of hydrogen-bond acceptors (Lipinski definition) is 4. The van der Waals surface area contributed by atoms with Crippen LogP contribution in [-0.4, -0.2) is 8.76 Å². The molecule has 0 saturated heterocycles. The van der Waals surface area contributed by atoms with Gasteiger partial charge in [0.1, 0.15) is 11.5 Å². The van der Waals surface area contributed by atoms with Gasteiger partial charge in [-0.3, -0.25) is 4.21 Å². The molecule has 2 aromatic carbocycles. The molecule has 0 bridgehead atoms. The first-order valence-electron chi connectivity index (χ1n) is 5.71. The van der Waals surface area contributed by atoms with E-state index in [4.69, 9.17) is 10.5 Å². The molecule has 0 amide bonds. The zero-order valence-corrected chi connectivity index (χ0v) is 11.5. The fraction of sp³-hybridized carbons (Fsp3) is 0.143. The van der Waals surface area contributed by atoms with Crippen molar-refractivity contribution in [3.8, 4) is 11.5 Å². The van der Waals surface area contributed by atoms with Gasteiger partial charge in [0.2, 0.25) is 0 Å². The zero-order valence-electron chi connectivity index (χ0n) is 10.7. The Morgan fingerprint density at radius 2 is 1.63 bits per heavy atom. The number of ether oxygens (including phenoxy) is 1. The fourth-order valence-electron chi connectivity index (χ4n) is 1.88. The summed E-state index contributed by atoms with van der Waals surface area (Å²) in [7, 11) is 0. The fourth-order valence-corrected chi connectivity index (χ4v) is 2.24. The maximum atomic E-state index is 10.8. The van der Waals surface area contributed by atoms with Gasteiger partial charge in [0.25, 0.3) is 0 Å². The van der Waals surface area contributed by atoms with Crippen molar-refractivity contribution in [1.29, 1.82) is 0 Å². The number of benzene rings is 2. The molecule has 1 atom stereocenters. The van der Waals surface area contributed by atoms with Gasteiger partial charge in [0.05, 0.1) is 0 Å². The molecule has 0 aromatic heterocycles. The van der Waals surface area contributed by atoms with Crippen molar-refractivity contribution in [2.75, 3.05) is 5.73 Å². The van der Waals surface area contributed by atoms with Crippen LogP contribution in [0.4, 0.5) is 5.69 Å².